The van der Waals surface area contributed by atoms with Crippen LogP contribution in [0.25, 0.3) is 0 Å². The molecule has 0 radical (unpaired) electrons. The van der Waals surface area contributed by atoms with Crippen LogP contribution in [-0.2, 0) is 15.1 Å². The molecule has 2 fully saturated rings. The van der Waals surface area contributed by atoms with Gasteiger partial charge in [0.1, 0.15) is 11.7 Å². The molecule has 3 aliphatic rings. The van der Waals surface area contributed by atoms with Crippen molar-refractivity contribution < 1.29 is 14.6 Å². The standard InChI is InChI=1S/C19H29ClN4O3S/c20-17-9-15-16(25)12-27-19(18(15)28-17)3-5-23(6-4-19)10-13(21)11-24(22)14-1-7-26-8-2-14/h9,11,14,16,25H,1-8,10,12,21-22H2/b13-11-/t16-/m1/s1. The van der Waals surface area contributed by atoms with E-state index in [1.165, 1.54) is 11.3 Å². The number of halogens is 1. The lowest BCUT2D eigenvalue weighted by atomic mass is 9.84. The molecule has 9 heteroatoms. The Morgan fingerprint density at radius 2 is 2.11 bits per heavy atom. The van der Waals surface area contributed by atoms with Gasteiger partial charge >= 0.3 is 0 Å². The van der Waals surface area contributed by atoms with Crippen LogP contribution in [0, 0.1) is 0 Å². The Morgan fingerprint density at radius 1 is 1.39 bits per heavy atom. The molecule has 28 heavy (non-hydrogen) atoms. The number of thiophene rings is 1. The number of hydrogen-bond donors (Lipinski definition) is 3. The molecule has 1 spiro atoms. The highest BCUT2D eigenvalue weighted by Gasteiger charge is 2.44. The summed E-state index contributed by atoms with van der Waals surface area (Å²) in [5.74, 6) is 6.18. The first-order valence-electron chi connectivity index (χ1n) is 9.88. The number of ether oxygens (including phenoxy) is 2. The third-order valence-electron chi connectivity index (χ3n) is 6.02. The molecule has 5 N–H and O–H groups in total. The van der Waals surface area contributed by atoms with E-state index in [4.69, 9.17) is 32.7 Å². The van der Waals surface area contributed by atoms with Crippen LogP contribution in [0.3, 0.4) is 0 Å². The molecule has 2 saturated heterocycles. The number of rotatable bonds is 4. The quantitative estimate of drug-likeness (QED) is 0.497. The summed E-state index contributed by atoms with van der Waals surface area (Å²) in [6, 6.07) is 2.18. The zero-order valence-corrected chi connectivity index (χ0v) is 17.6. The second-order valence-electron chi connectivity index (χ2n) is 7.93. The van der Waals surface area contributed by atoms with Crippen LogP contribution in [0.4, 0.5) is 0 Å². The van der Waals surface area contributed by atoms with Gasteiger partial charge in [0.15, 0.2) is 0 Å². The first kappa shape index (κ1) is 20.4. The van der Waals surface area contributed by atoms with Gasteiger partial charge in [-0.3, -0.25) is 4.90 Å². The van der Waals surface area contributed by atoms with Gasteiger partial charge in [0.2, 0.25) is 0 Å². The summed E-state index contributed by atoms with van der Waals surface area (Å²) in [6.45, 7) is 4.28. The van der Waals surface area contributed by atoms with Crippen molar-refractivity contribution in [1.29, 1.82) is 0 Å². The molecule has 0 aliphatic carbocycles. The van der Waals surface area contributed by atoms with E-state index in [1.807, 2.05) is 12.3 Å². The lowest BCUT2D eigenvalue weighted by Gasteiger charge is -2.44. The second-order valence-corrected chi connectivity index (χ2v) is 9.61. The van der Waals surface area contributed by atoms with Crippen LogP contribution in [0.2, 0.25) is 4.34 Å². The molecule has 3 aliphatic heterocycles. The summed E-state index contributed by atoms with van der Waals surface area (Å²) in [5.41, 5.74) is 7.64. The molecular weight excluding hydrogens is 400 g/mol. The smallest absolute Gasteiger partial charge is 0.105 e. The number of aliphatic hydroxyl groups excluding tert-OH is 1. The molecule has 1 aromatic rings. The van der Waals surface area contributed by atoms with Gasteiger partial charge in [0.25, 0.3) is 0 Å². The minimum Gasteiger partial charge on any atom is -0.400 e. The molecule has 7 nitrogen and oxygen atoms in total. The van der Waals surface area contributed by atoms with Gasteiger partial charge in [-0.15, -0.1) is 11.3 Å². The Hall–Kier alpha value is -0.870. The summed E-state index contributed by atoms with van der Waals surface area (Å²) >= 11 is 7.75. The molecule has 0 amide bonds. The molecule has 0 saturated carbocycles. The number of nitrogens with zero attached hydrogens (tertiary/aromatic N) is 2. The molecule has 156 valence electrons. The lowest BCUT2D eigenvalue weighted by molar-refractivity contribution is -0.127. The van der Waals surface area contributed by atoms with E-state index in [2.05, 4.69) is 4.90 Å². The van der Waals surface area contributed by atoms with Gasteiger partial charge < -0.3 is 25.3 Å². The molecule has 4 heterocycles. The molecule has 4 rings (SSSR count). The predicted molar refractivity (Wildman–Crippen MR) is 110 cm³/mol. The fourth-order valence-corrected chi connectivity index (χ4v) is 5.89. The number of likely N-dealkylation sites (tertiary alicyclic amines) is 1. The van der Waals surface area contributed by atoms with Crippen molar-refractivity contribution in [3.05, 3.63) is 32.7 Å². The van der Waals surface area contributed by atoms with Gasteiger partial charge in [-0.1, -0.05) is 11.6 Å². The molecule has 0 aromatic carbocycles. The molecule has 1 aromatic heterocycles. The van der Waals surface area contributed by atoms with Crippen LogP contribution < -0.4 is 11.6 Å². The Balaban J connectivity index is 1.35. The number of nitrogens with two attached hydrogens (primary N) is 2. The second kappa shape index (κ2) is 8.47. The average Bonchev–Trinajstić information content (AvgIpc) is 3.10. The zero-order valence-electron chi connectivity index (χ0n) is 16.0. The third kappa shape index (κ3) is 4.18. The van der Waals surface area contributed by atoms with Crippen molar-refractivity contribution in [3.8, 4) is 0 Å². The van der Waals surface area contributed by atoms with Crippen LogP contribution >= 0.6 is 22.9 Å². The molecule has 0 bridgehead atoms. The van der Waals surface area contributed by atoms with Gasteiger partial charge in [0, 0.05) is 61.2 Å². The topological polar surface area (TPSA) is 97.2 Å². The zero-order chi connectivity index (χ0) is 19.7. The minimum absolute atomic E-state index is 0.293. The molecular formula is C19H29ClN4O3S. The summed E-state index contributed by atoms with van der Waals surface area (Å²) in [4.78, 5) is 3.42. The van der Waals surface area contributed by atoms with Crippen LogP contribution in [0.1, 0.15) is 42.2 Å². The largest absolute Gasteiger partial charge is 0.400 e. The lowest BCUT2D eigenvalue weighted by Crippen LogP contribution is -2.47. The monoisotopic (exact) mass is 428 g/mol. The van der Waals surface area contributed by atoms with E-state index in [0.717, 1.165) is 68.1 Å². The Labute approximate surface area is 174 Å². The summed E-state index contributed by atoms with van der Waals surface area (Å²) in [7, 11) is 0. The summed E-state index contributed by atoms with van der Waals surface area (Å²) in [6.07, 6.45) is 4.88. The molecule has 0 unspecified atom stereocenters. The van der Waals surface area contributed by atoms with Crippen LogP contribution in [0.5, 0.6) is 0 Å². The van der Waals surface area contributed by atoms with E-state index >= 15 is 0 Å². The van der Waals surface area contributed by atoms with Crippen LogP contribution in [0.15, 0.2) is 18.0 Å². The van der Waals surface area contributed by atoms with Crippen LogP contribution in [-0.4, -0.2) is 60.5 Å². The van der Waals surface area contributed by atoms with E-state index in [1.54, 1.807) is 5.01 Å². The highest BCUT2D eigenvalue weighted by Crippen LogP contribution is 2.48. The predicted octanol–water partition coefficient (Wildman–Crippen LogP) is 1.91. The maximum absolute atomic E-state index is 10.2. The van der Waals surface area contributed by atoms with Gasteiger partial charge in [-0.05, 0) is 31.7 Å². The van der Waals surface area contributed by atoms with Crippen molar-refractivity contribution >= 4 is 22.9 Å². The fraction of sp³-hybridized carbons (Fsp3) is 0.684. The van der Waals surface area contributed by atoms with Crippen molar-refractivity contribution in [2.24, 2.45) is 11.6 Å². The van der Waals surface area contributed by atoms with E-state index in [0.29, 0.717) is 23.5 Å². The first-order chi connectivity index (χ1) is 13.5. The number of aliphatic hydroxyl groups is 1. The van der Waals surface area contributed by atoms with E-state index in [-0.39, 0.29) is 5.60 Å². The van der Waals surface area contributed by atoms with Crippen molar-refractivity contribution in [2.45, 2.75) is 43.4 Å². The first-order valence-corrected chi connectivity index (χ1v) is 11.1. The fourth-order valence-electron chi connectivity index (χ4n) is 4.39. The summed E-state index contributed by atoms with van der Waals surface area (Å²) in [5, 5.41) is 12.0. The average molecular weight is 429 g/mol. The van der Waals surface area contributed by atoms with Crippen molar-refractivity contribution in [3.63, 3.8) is 0 Å². The van der Waals surface area contributed by atoms with Gasteiger partial charge in [0.05, 0.1) is 10.9 Å². The maximum Gasteiger partial charge on any atom is 0.105 e. The van der Waals surface area contributed by atoms with Crippen molar-refractivity contribution in [1.82, 2.24) is 9.91 Å². The summed E-state index contributed by atoms with van der Waals surface area (Å²) < 4.78 is 12.2. The van der Waals surface area contributed by atoms with Crippen molar-refractivity contribution in [2.75, 3.05) is 39.5 Å². The van der Waals surface area contributed by atoms with E-state index in [9.17, 15) is 5.11 Å². The van der Waals surface area contributed by atoms with E-state index < -0.39 is 6.10 Å². The van der Waals surface area contributed by atoms with Gasteiger partial charge in [-0.25, -0.2) is 5.84 Å². The highest BCUT2D eigenvalue weighted by molar-refractivity contribution is 7.16. The Bertz CT molecular complexity index is 714. The maximum atomic E-state index is 10.2. The number of hydrazine groups is 1. The number of hydrogen-bond acceptors (Lipinski definition) is 8. The van der Waals surface area contributed by atoms with Gasteiger partial charge in [-0.2, -0.15) is 0 Å². The Morgan fingerprint density at radius 3 is 2.82 bits per heavy atom. The highest BCUT2D eigenvalue weighted by atomic mass is 35.5. The Kier molecular flexibility index (Phi) is 6.17. The SMILES string of the molecule is N/C(=C\N(N)C1CCOCC1)CN1CCC2(CC1)OC[C@@H](O)c1cc(Cl)sc12. The normalized spacial score (nSPS) is 26.4. The molecule has 1 atom stereocenters. The third-order valence-corrected chi connectivity index (χ3v) is 7.48. The number of fused-ring (bicyclic) bond motifs is 2. The number of piperidine rings is 1. The minimum atomic E-state index is -0.582.